The number of likely N-dealkylation sites (tertiary alicyclic amines) is 1. The molecule has 0 N–H and O–H groups in total. The molecule has 0 bridgehead atoms. The number of hydrogen-bond acceptors (Lipinski definition) is 1. The van der Waals surface area contributed by atoms with E-state index >= 15 is 0 Å². The van der Waals surface area contributed by atoms with Gasteiger partial charge < -0.3 is 4.90 Å². The second kappa shape index (κ2) is 4.12. The summed E-state index contributed by atoms with van der Waals surface area (Å²) in [4.78, 5) is 13.6. The van der Waals surface area contributed by atoms with E-state index < -0.39 is 0 Å². The van der Waals surface area contributed by atoms with E-state index in [-0.39, 0.29) is 0 Å². The summed E-state index contributed by atoms with van der Waals surface area (Å²) in [6, 6.07) is 0. The van der Waals surface area contributed by atoms with Crippen LogP contribution in [-0.4, -0.2) is 23.9 Å². The highest BCUT2D eigenvalue weighted by atomic mass is 16.2. The molecule has 0 saturated carbocycles. The van der Waals surface area contributed by atoms with Gasteiger partial charge in [-0.25, -0.2) is 0 Å². The summed E-state index contributed by atoms with van der Waals surface area (Å²) in [6.45, 7) is 8.56. The van der Waals surface area contributed by atoms with Crippen molar-refractivity contribution in [2.24, 2.45) is 5.41 Å². The van der Waals surface area contributed by atoms with Crippen LogP contribution in [0.3, 0.4) is 0 Å². The maximum atomic E-state index is 11.5. The Morgan fingerprint density at radius 1 is 1.31 bits per heavy atom. The third kappa shape index (κ3) is 3.02. The van der Waals surface area contributed by atoms with Crippen LogP contribution in [0, 0.1) is 5.41 Å². The van der Waals surface area contributed by atoms with Crippen molar-refractivity contribution in [3.63, 3.8) is 0 Å². The lowest BCUT2D eigenvalue weighted by molar-refractivity contribution is -0.133. The third-order valence-electron chi connectivity index (χ3n) is 2.93. The zero-order valence-corrected chi connectivity index (χ0v) is 9.10. The minimum absolute atomic E-state index is 0.345. The number of amides is 1. The fraction of sp³-hybridized carbons (Fsp3) is 0.909. The lowest BCUT2D eigenvalue weighted by atomic mass is 9.82. The Morgan fingerprint density at radius 2 is 1.85 bits per heavy atom. The summed E-state index contributed by atoms with van der Waals surface area (Å²) >= 11 is 0. The van der Waals surface area contributed by atoms with Gasteiger partial charge in [0, 0.05) is 19.5 Å². The molecule has 1 rings (SSSR count). The molecule has 0 aromatic carbocycles. The first-order valence-corrected chi connectivity index (χ1v) is 5.33. The minimum atomic E-state index is 0.345. The summed E-state index contributed by atoms with van der Waals surface area (Å²) in [5.41, 5.74) is 0.447. The summed E-state index contributed by atoms with van der Waals surface area (Å²) in [7, 11) is 0. The van der Waals surface area contributed by atoms with Crippen molar-refractivity contribution in [3.05, 3.63) is 0 Å². The van der Waals surface area contributed by atoms with Crippen molar-refractivity contribution in [3.8, 4) is 0 Å². The molecular formula is C11H21NO. The third-order valence-corrected chi connectivity index (χ3v) is 2.93. The number of hydrogen-bond donors (Lipinski definition) is 0. The summed E-state index contributed by atoms with van der Waals surface area (Å²) in [5, 5.41) is 0. The van der Waals surface area contributed by atoms with Gasteiger partial charge in [-0.05, 0) is 24.7 Å². The lowest BCUT2D eigenvalue weighted by Crippen LogP contribution is -2.40. The van der Waals surface area contributed by atoms with E-state index in [9.17, 15) is 4.79 Å². The van der Waals surface area contributed by atoms with Crippen molar-refractivity contribution >= 4 is 5.91 Å². The van der Waals surface area contributed by atoms with Crippen LogP contribution in [-0.2, 0) is 4.79 Å². The van der Waals surface area contributed by atoms with Crippen molar-refractivity contribution < 1.29 is 4.79 Å². The Morgan fingerprint density at radius 3 is 2.31 bits per heavy atom. The van der Waals surface area contributed by atoms with Crippen LogP contribution in [0.25, 0.3) is 0 Å². The minimum Gasteiger partial charge on any atom is -0.343 e. The molecule has 2 heteroatoms. The normalized spacial score (nSPS) is 21.6. The number of carbonyl (C=O) groups excluding carboxylic acids is 1. The monoisotopic (exact) mass is 183 g/mol. The Labute approximate surface area is 81.3 Å². The van der Waals surface area contributed by atoms with Crippen molar-refractivity contribution in [1.82, 2.24) is 4.90 Å². The summed E-state index contributed by atoms with van der Waals surface area (Å²) in [5.74, 6) is 0.345. The fourth-order valence-corrected chi connectivity index (χ4v) is 1.73. The van der Waals surface area contributed by atoms with Crippen LogP contribution in [0.15, 0.2) is 0 Å². The van der Waals surface area contributed by atoms with Crippen LogP contribution in [0.1, 0.15) is 46.5 Å². The molecule has 1 saturated heterocycles. The lowest BCUT2D eigenvalue weighted by Gasteiger charge is -2.36. The Bertz CT molecular complexity index is 177. The number of rotatable bonds is 2. The van der Waals surface area contributed by atoms with Crippen LogP contribution in [0.2, 0.25) is 0 Å². The van der Waals surface area contributed by atoms with E-state index in [1.165, 1.54) is 0 Å². The molecule has 0 atom stereocenters. The van der Waals surface area contributed by atoms with Crippen molar-refractivity contribution in [2.75, 3.05) is 13.1 Å². The molecule has 13 heavy (non-hydrogen) atoms. The Hall–Kier alpha value is -0.530. The van der Waals surface area contributed by atoms with Crippen LogP contribution < -0.4 is 0 Å². The van der Waals surface area contributed by atoms with Gasteiger partial charge in [-0.1, -0.05) is 20.8 Å². The van der Waals surface area contributed by atoms with Gasteiger partial charge in [-0.3, -0.25) is 4.79 Å². The SMILES string of the molecule is CCCC(=O)N1CCC(C)(C)CC1. The van der Waals surface area contributed by atoms with Gasteiger partial charge in [0.1, 0.15) is 0 Å². The molecule has 0 spiro atoms. The Balaban J connectivity index is 2.36. The van der Waals surface area contributed by atoms with Gasteiger partial charge in [0.15, 0.2) is 0 Å². The van der Waals surface area contributed by atoms with Gasteiger partial charge in [0.2, 0.25) is 5.91 Å². The number of piperidine rings is 1. The topological polar surface area (TPSA) is 20.3 Å². The molecule has 0 radical (unpaired) electrons. The average molecular weight is 183 g/mol. The smallest absolute Gasteiger partial charge is 0.222 e. The molecule has 0 aliphatic carbocycles. The molecule has 0 aromatic heterocycles. The van der Waals surface area contributed by atoms with Crippen LogP contribution >= 0.6 is 0 Å². The van der Waals surface area contributed by atoms with Gasteiger partial charge in [-0.15, -0.1) is 0 Å². The van der Waals surface area contributed by atoms with Gasteiger partial charge in [-0.2, -0.15) is 0 Å². The molecule has 76 valence electrons. The second-order valence-corrected chi connectivity index (χ2v) is 4.80. The molecule has 1 aliphatic rings. The Kier molecular flexibility index (Phi) is 3.34. The second-order valence-electron chi connectivity index (χ2n) is 4.80. The van der Waals surface area contributed by atoms with E-state index in [4.69, 9.17) is 0 Å². The summed E-state index contributed by atoms with van der Waals surface area (Å²) < 4.78 is 0. The van der Waals surface area contributed by atoms with Crippen LogP contribution in [0.5, 0.6) is 0 Å². The van der Waals surface area contributed by atoms with Gasteiger partial charge in [0.25, 0.3) is 0 Å². The quantitative estimate of drug-likeness (QED) is 0.644. The number of nitrogens with zero attached hydrogens (tertiary/aromatic N) is 1. The predicted octanol–water partition coefficient (Wildman–Crippen LogP) is 2.44. The first kappa shape index (κ1) is 10.6. The average Bonchev–Trinajstić information content (AvgIpc) is 2.04. The molecule has 1 fully saturated rings. The first-order chi connectivity index (χ1) is 6.05. The van der Waals surface area contributed by atoms with E-state index in [1.807, 2.05) is 4.90 Å². The molecule has 0 aromatic rings. The fourth-order valence-electron chi connectivity index (χ4n) is 1.73. The first-order valence-electron chi connectivity index (χ1n) is 5.33. The maximum Gasteiger partial charge on any atom is 0.222 e. The molecule has 2 nitrogen and oxygen atoms in total. The number of carbonyl (C=O) groups is 1. The highest BCUT2D eigenvalue weighted by Crippen LogP contribution is 2.29. The molecule has 0 unspecified atom stereocenters. The highest BCUT2D eigenvalue weighted by molar-refractivity contribution is 5.76. The molecular weight excluding hydrogens is 162 g/mol. The molecule has 1 aliphatic heterocycles. The highest BCUT2D eigenvalue weighted by Gasteiger charge is 2.27. The predicted molar refractivity (Wildman–Crippen MR) is 54.5 cm³/mol. The summed E-state index contributed by atoms with van der Waals surface area (Å²) in [6.07, 6.45) is 4.00. The molecule has 1 heterocycles. The molecule has 1 amide bonds. The van der Waals surface area contributed by atoms with E-state index in [0.29, 0.717) is 11.3 Å². The maximum absolute atomic E-state index is 11.5. The zero-order chi connectivity index (χ0) is 9.90. The van der Waals surface area contributed by atoms with Crippen LogP contribution in [0.4, 0.5) is 0 Å². The van der Waals surface area contributed by atoms with Crippen molar-refractivity contribution in [2.45, 2.75) is 46.5 Å². The van der Waals surface area contributed by atoms with E-state index in [2.05, 4.69) is 20.8 Å². The van der Waals surface area contributed by atoms with Crippen molar-refractivity contribution in [1.29, 1.82) is 0 Å². The van der Waals surface area contributed by atoms with E-state index in [0.717, 1.165) is 38.8 Å². The van der Waals surface area contributed by atoms with E-state index in [1.54, 1.807) is 0 Å². The largest absolute Gasteiger partial charge is 0.343 e. The standard InChI is InChI=1S/C11H21NO/c1-4-5-10(13)12-8-6-11(2,3)7-9-12/h4-9H2,1-3H3. The zero-order valence-electron chi connectivity index (χ0n) is 9.10. The van der Waals surface area contributed by atoms with Gasteiger partial charge in [0.05, 0.1) is 0 Å². The van der Waals surface area contributed by atoms with Gasteiger partial charge >= 0.3 is 0 Å².